The molecule has 0 aliphatic heterocycles. The Labute approximate surface area is 277 Å². The van der Waals surface area contributed by atoms with Crippen molar-refractivity contribution in [3.63, 3.8) is 0 Å². The second kappa shape index (κ2) is 18.2. The van der Waals surface area contributed by atoms with Crippen LogP contribution in [0.25, 0.3) is 0 Å². The largest absolute Gasteiger partial charge is 0.465 e. The summed E-state index contributed by atoms with van der Waals surface area (Å²) in [5.41, 5.74) is 2.45. The molecule has 3 aromatic rings. The lowest BCUT2D eigenvalue weighted by molar-refractivity contribution is -0.125. The number of rotatable bonds is 18. The molecule has 4 atom stereocenters. The quantitative estimate of drug-likeness (QED) is 0.0755. The number of oxime groups is 1. The third kappa shape index (κ3) is 12.1. The van der Waals surface area contributed by atoms with Crippen molar-refractivity contribution in [3.05, 3.63) is 102 Å². The SMILES string of the molecule is CC(C)CN(C[C@H](O)[C@H](Cc1ccccc1)NC(=O)[C@H](CC(C)CCc1ccccc1)NC(=O)O)S(=O)(=O)c1ccc(C=NO)cc1. The van der Waals surface area contributed by atoms with E-state index in [-0.39, 0.29) is 42.7 Å². The highest BCUT2D eigenvalue weighted by molar-refractivity contribution is 7.89. The molecule has 3 aromatic carbocycles. The van der Waals surface area contributed by atoms with Crippen LogP contribution in [0, 0.1) is 11.8 Å². The predicted octanol–water partition coefficient (Wildman–Crippen LogP) is 4.53. The number of amides is 2. The highest BCUT2D eigenvalue weighted by atomic mass is 32.2. The summed E-state index contributed by atoms with van der Waals surface area (Å²) in [6.07, 6.45) is 0.434. The number of hydrogen-bond acceptors (Lipinski definition) is 7. The summed E-state index contributed by atoms with van der Waals surface area (Å²) >= 11 is 0. The van der Waals surface area contributed by atoms with Crippen molar-refractivity contribution >= 4 is 28.2 Å². The maximum absolute atomic E-state index is 13.8. The van der Waals surface area contributed by atoms with Crippen LogP contribution in [0.5, 0.6) is 0 Å². The fourth-order valence-electron chi connectivity index (χ4n) is 5.35. The van der Waals surface area contributed by atoms with E-state index in [0.29, 0.717) is 5.56 Å². The van der Waals surface area contributed by atoms with Gasteiger partial charge in [0.25, 0.3) is 0 Å². The molecule has 0 bridgehead atoms. The summed E-state index contributed by atoms with van der Waals surface area (Å²) in [6, 6.07) is 22.8. The first-order valence-corrected chi connectivity index (χ1v) is 17.2. The number of aliphatic hydroxyl groups is 1. The van der Waals surface area contributed by atoms with Gasteiger partial charge >= 0.3 is 6.09 Å². The number of aliphatic hydroxyl groups excluding tert-OH is 1. The van der Waals surface area contributed by atoms with Crippen LogP contribution in [-0.2, 0) is 27.7 Å². The molecule has 0 aliphatic carbocycles. The summed E-state index contributed by atoms with van der Waals surface area (Å²) in [5, 5.41) is 38.1. The normalized spacial score (nSPS) is 14.5. The number of carboxylic acid groups (broad SMARTS) is 1. The molecule has 254 valence electrons. The molecule has 3 rings (SSSR count). The van der Waals surface area contributed by atoms with Gasteiger partial charge in [0.05, 0.1) is 23.3 Å². The minimum Gasteiger partial charge on any atom is -0.465 e. The highest BCUT2D eigenvalue weighted by Crippen LogP contribution is 2.20. The van der Waals surface area contributed by atoms with Crippen molar-refractivity contribution in [1.29, 1.82) is 0 Å². The molecule has 0 radical (unpaired) electrons. The first-order chi connectivity index (χ1) is 22.4. The van der Waals surface area contributed by atoms with E-state index in [0.717, 1.165) is 24.0 Å². The van der Waals surface area contributed by atoms with E-state index in [4.69, 9.17) is 5.21 Å². The third-order valence-electron chi connectivity index (χ3n) is 7.80. The topological polar surface area (TPSA) is 169 Å². The average Bonchev–Trinajstić information content (AvgIpc) is 3.03. The van der Waals surface area contributed by atoms with Crippen LogP contribution in [-0.4, -0.2) is 77.6 Å². The van der Waals surface area contributed by atoms with Crippen LogP contribution < -0.4 is 10.6 Å². The van der Waals surface area contributed by atoms with Crippen LogP contribution in [0.2, 0.25) is 0 Å². The molecule has 0 aromatic heterocycles. The third-order valence-corrected chi connectivity index (χ3v) is 9.64. The zero-order valence-corrected chi connectivity index (χ0v) is 27.9. The molecule has 47 heavy (non-hydrogen) atoms. The molecule has 0 aliphatic rings. The molecule has 5 N–H and O–H groups in total. The van der Waals surface area contributed by atoms with Gasteiger partial charge in [0.15, 0.2) is 0 Å². The fourth-order valence-corrected chi connectivity index (χ4v) is 6.97. The summed E-state index contributed by atoms with van der Waals surface area (Å²) in [7, 11) is -4.07. The summed E-state index contributed by atoms with van der Waals surface area (Å²) in [6.45, 7) is 5.47. The fraction of sp³-hybridized carbons (Fsp3) is 0.400. The van der Waals surface area contributed by atoms with Gasteiger partial charge in [-0.25, -0.2) is 13.2 Å². The van der Waals surface area contributed by atoms with Crippen molar-refractivity contribution < 1.29 is 33.4 Å². The second-order valence-corrected chi connectivity index (χ2v) is 14.2. The van der Waals surface area contributed by atoms with Crippen molar-refractivity contribution in [2.45, 2.75) is 69.5 Å². The van der Waals surface area contributed by atoms with E-state index < -0.39 is 40.2 Å². The van der Waals surface area contributed by atoms with Crippen LogP contribution in [0.1, 0.15) is 50.3 Å². The van der Waals surface area contributed by atoms with Gasteiger partial charge in [-0.05, 0) is 66.3 Å². The van der Waals surface area contributed by atoms with Gasteiger partial charge in [-0.2, -0.15) is 4.31 Å². The number of sulfonamides is 1. The summed E-state index contributed by atoms with van der Waals surface area (Å²) in [4.78, 5) is 25.4. The van der Waals surface area contributed by atoms with Gasteiger partial charge in [0.2, 0.25) is 15.9 Å². The monoisotopic (exact) mass is 666 g/mol. The van der Waals surface area contributed by atoms with Gasteiger partial charge in [0.1, 0.15) is 6.04 Å². The molecule has 2 amide bonds. The number of carbonyl (C=O) groups is 2. The number of hydrogen-bond donors (Lipinski definition) is 5. The smallest absolute Gasteiger partial charge is 0.405 e. The molecule has 12 heteroatoms. The lowest BCUT2D eigenvalue weighted by atomic mass is 9.93. The minimum absolute atomic E-state index is 0.000651. The van der Waals surface area contributed by atoms with E-state index in [1.54, 1.807) is 0 Å². The van der Waals surface area contributed by atoms with Crippen molar-refractivity contribution in [1.82, 2.24) is 14.9 Å². The Morgan fingerprint density at radius 3 is 2.02 bits per heavy atom. The lowest BCUT2D eigenvalue weighted by Crippen LogP contribution is -2.55. The van der Waals surface area contributed by atoms with E-state index in [1.165, 1.54) is 34.8 Å². The molecule has 0 fully saturated rings. The first kappa shape index (κ1) is 37.2. The molecule has 0 spiro atoms. The lowest BCUT2D eigenvalue weighted by Gasteiger charge is -2.32. The van der Waals surface area contributed by atoms with Crippen molar-refractivity contribution in [2.75, 3.05) is 13.1 Å². The summed E-state index contributed by atoms with van der Waals surface area (Å²) < 4.78 is 28.7. The van der Waals surface area contributed by atoms with Gasteiger partial charge in [-0.15, -0.1) is 0 Å². The summed E-state index contributed by atoms with van der Waals surface area (Å²) in [5.74, 6) is -0.684. The Morgan fingerprint density at radius 1 is 0.872 bits per heavy atom. The van der Waals surface area contributed by atoms with Crippen molar-refractivity contribution in [3.8, 4) is 0 Å². The standard InChI is InChI=1S/C35H46N4O7S/c1-25(2)23-39(47(45,46)30-18-16-29(17-19-30)22-36-44)24-33(40)31(21-28-12-8-5-9-13-28)37-34(41)32(38-35(42)43)20-26(3)14-15-27-10-6-4-7-11-27/h4-13,16-19,22,25-26,31-33,38,40,44H,14-15,20-21,23-24H2,1-3H3,(H,37,41)(H,42,43)/t26?,31-,32-,33-/m0/s1. The van der Waals surface area contributed by atoms with Gasteiger partial charge in [0, 0.05) is 13.1 Å². The molecule has 0 heterocycles. The maximum Gasteiger partial charge on any atom is 0.405 e. The van der Waals surface area contributed by atoms with Crippen LogP contribution >= 0.6 is 0 Å². The zero-order chi connectivity index (χ0) is 34.4. The Hall–Kier alpha value is -4.26. The minimum atomic E-state index is -4.07. The van der Waals surface area contributed by atoms with Crippen LogP contribution in [0.3, 0.4) is 0 Å². The predicted molar refractivity (Wildman–Crippen MR) is 181 cm³/mol. The number of benzene rings is 3. The first-order valence-electron chi connectivity index (χ1n) is 15.7. The number of carbonyl (C=O) groups excluding carboxylic acids is 1. The van der Waals surface area contributed by atoms with Crippen LogP contribution in [0.15, 0.2) is 95.0 Å². The molecule has 1 unspecified atom stereocenters. The number of nitrogens with one attached hydrogen (secondary N) is 2. The van der Waals surface area contributed by atoms with Gasteiger partial charge < -0.3 is 26.1 Å². The highest BCUT2D eigenvalue weighted by Gasteiger charge is 2.33. The van der Waals surface area contributed by atoms with Gasteiger partial charge in [-0.1, -0.05) is 98.7 Å². The Bertz CT molecular complexity index is 1540. The van der Waals surface area contributed by atoms with E-state index in [1.807, 2.05) is 81.4 Å². The molecular weight excluding hydrogens is 620 g/mol. The Kier molecular flexibility index (Phi) is 14.4. The molecule has 0 saturated heterocycles. The Morgan fingerprint density at radius 2 is 1.47 bits per heavy atom. The molecular formula is C35H46N4O7S. The Balaban J connectivity index is 1.83. The van der Waals surface area contributed by atoms with Gasteiger partial charge in [-0.3, -0.25) is 4.79 Å². The number of aryl methyl sites for hydroxylation is 1. The average molecular weight is 667 g/mol. The molecule has 11 nitrogen and oxygen atoms in total. The molecule has 0 saturated carbocycles. The van der Waals surface area contributed by atoms with Crippen LogP contribution in [0.4, 0.5) is 4.79 Å². The van der Waals surface area contributed by atoms with Crippen molar-refractivity contribution in [2.24, 2.45) is 17.0 Å². The van der Waals surface area contributed by atoms with E-state index in [9.17, 15) is 28.2 Å². The number of nitrogens with zero attached hydrogens (tertiary/aromatic N) is 2. The zero-order valence-electron chi connectivity index (χ0n) is 27.1. The maximum atomic E-state index is 13.8. The van der Waals surface area contributed by atoms with E-state index in [2.05, 4.69) is 15.8 Å². The second-order valence-electron chi connectivity index (χ2n) is 12.3. The van der Waals surface area contributed by atoms with E-state index >= 15 is 0 Å².